The van der Waals surface area contributed by atoms with E-state index in [1.807, 2.05) is 11.4 Å². The third kappa shape index (κ3) is 3.30. The zero-order valence-electron chi connectivity index (χ0n) is 9.93. The first kappa shape index (κ1) is 14.0. The highest BCUT2D eigenvalue weighted by atomic mass is 79.9. The fourth-order valence-electron chi connectivity index (χ4n) is 1.64. The van der Waals surface area contributed by atoms with Gasteiger partial charge in [0, 0.05) is 21.8 Å². The molecule has 2 aromatic rings. The van der Waals surface area contributed by atoms with Crippen molar-refractivity contribution in [1.29, 1.82) is 0 Å². The molecule has 0 saturated carbocycles. The van der Waals surface area contributed by atoms with Crippen LogP contribution in [0.15, 0.2) is 28.2 Å². The molecule has 1 N–H and O–H groups in total. The second kappa shape index (κ2) is 5.66. The van der Waals surface area contributed by atoms with Crippen LogP contribution in [0.2, 0.25) is 0 Å². The van der Waals surface area contributed by atoms with Gasteiger partial charge < -0.3 is 10.0 Å². The van der Waals surface area contributed by atoms with E-state index in [-0.39, 0.29) is 11.4 Å². The number of pyridine rings is 1. The van der Waals surface area contributed by atoms with Gasteiger partial charge in [-0.05, 0) is 28.1 Å². The number of hydrogen-bond acceptors (Lipinski definition) is 4. The molecule has 2 aromatic heterocycles. The lowest BCUT2D eigenvalue weighted by atomic mass is 10.2. The number of aromatic carboxylic acids is 1. The summed E-state index contributed by atoms with van der Waals surface area (Å²) in [5.41, 5.74) is -0.141. The van der Waals surface area contributed by atoms with E-state index in [2.05, 4.69) is 20.9 Å². The highest BCUT2D eigenvalue weighted by Gasteiger charge is 2.16. The van der Waals surface area contributed by atoms with Crippen molar-refractivity contribution >= 4 is 39.1 Å². The van der Waals surface area contributed by atoms with Gasteiger partial charge in [0.05, 0.1) is 12.7 Å². The Morgan fingerprint density at radius 2 is 2.32 bits per heavy atom. The molecule has 0 aliphatic carbocycles. The second-order valence-electron chi connectivity index (χ2n) is 3.92. The minimum atomic E-state index is -1.19. The van der Waals surface area contributed by atoms with E-state index in [9.17, 15) is 9.18 Å². The quantitative estimate of drug-likeness (QED) is 0.923. The number of carbonyl (C=O) groups is 1. The molecule has 100 valence electrons. The standard InChI is InChI=1S/C12H10BrFN2O2S/c1-16(5-9-2-7(13)6-19-9)11-10(12(17)18)3-8(14)4-15-11/h2-4,6H,5H2,1H3,(H,17,18). The van der Waals surface area contributed by atoms with Gasteiger partial charge in [0.2, 0.25) is 0 Å². The Hall–Kier alpha value is -1.47. The van der Waals surface area contributed by atoms with E-state index in [1.165, 1.54) is 0 Å². The summed E-state index contributed by atoms with van der Waals surface area (Å²) in [6.45, 7) is 0.509. The number of halogens is 2. The minimum absolute atomic E-state index is 0.141. The van der Waals surface area contributed by atoms with Crippen molar-refractivity contribution in [2.75, 3.05) is 11.9 Å². The second-order valence-corrected chi connectivity index (χ2v) is 5.83. The molecule has 0 fully saturated rings. The Labute approximate surface area is 121 Å². The molecule has 0 spiro atoms. The molecule has 0 bridgehead atoms. The minimum Gasteiger partial charge on any atom is -0.478 e. The monoisotopic (exact) mass is 344 g/mol. The summed E-state index contributed by atoms with van der Waals surface area (Å²) in [5.74, 6) is -1.60. The lowest BCUT2D eigenvalue weighted by molar-refractivity contribution is 0.0696. The first-order chi connectivity index (χ1) is 8.97. The molecule has 0 amide bonds. The van der Waals surface area contributed by atoms with Gasteiger partial charge in [-0.2, -0.15) is 0 Å². The number of aromatic nitrogens is 1. The average Bonchev–Trinajstić information content (AvgIpc) is 2.74. The van der Waals surface area contributed by atoms with Gasteiger partial charge in [-0.3, -0.25) is 0 Å². The van der Waals surface area contributed by atoms with Gasteiger partial charge in [0.25, 0.3) is 0 Å². The van der Waals surface area contributed by atoms with Gasteiger partial charge in [-0.1, -0.05) is 0 Å². The van der Waals surface area contributed by atoms with Crippen molar-refractivity contribution in [2.45, 2.75) is 6.54 Å². The summed E-state index contributed by atoms with van der Waals surface area (Å²) in [7, 11) is 1.72. The molecule has 19 heavy (non-hydrogen) atoms. The molecule has 0 saturated heterocycles. The van der Waals surface area contributed by atoms with Crippen molar-refractivity contribution in [3.8, 4) is 0 Å². The van der Waals surface area contributed by atoms with Crippen LogP contribution in [0.3, 0.4) is 0 Å². The largest absolute Gasteiger partial charge is 0.478 e. The molecular formula is C12H10BrFN2O2S. The predicted molar refractivity (Wildman–Crippen MR) is 75.3 cm³/mol. The molecule has 0 unspecified atom stereocenters. The highest BCUT2D eigenvalue weighted by molar-refractivity contribution is 9.10. The van der Waals surface area contributed by atoms with Crippen LogP contribution in [0, 0.1) is 5.82 Å². The Kier molecular flexibility index (Phi) is 4.16. The maximum atomic E-state index is 13.1. The zero-order valence-corrected chi connectivity index (χ0v) is 12.3. The summed E-state index contributed by atoms with van der Waals surface area (Å²) in [6.07, 6.45) is 1.02. The third-order valence-corrected chi connectivity index (χ3v) is 4.12. The molecular weight excluding hydrogens is 335 g/mol. The Balaban J connectivity index is 2.28. The third-order valence-electron chi connectivity index (χ3n) is 2.44. The number of carboxylic acids is 1. The zero-order chi connectivity index (χ0) is 14.0. The first-order valence-corrected chi connectivity index (χ1v) is 6.97. The number of thiophene rings is 1. The van der Waals surface area contributed by atoms with E-state index in [1.54, 1.807) is 23.3 Å². The maximum Gasteiger partial charge on any atom is 0.339 e. The smallest absolute Gasteiger partial charge is 0.339 e. The molecule has 2 heterocycles. The van der Waals surface area contributed by atoms with Crippen molar-refractivity contribution < 1.29 is 14.3 Å². The van der Waals surface area contributed by atoms with Crippen molar-refractivity contribution in [2.24, 2.45) is 0 Å². The van der Waals surface area contributed by atoms with E-state index < -0.39 is 11.8 Å². The highest BCUT2D eigenvalue weighted by Crippen LogP contribution is 2.24. The SMILES string of the molecule is CN(Cc1cc(Br)cs1)c1ncc(F)cc1C(=O)O. The predicted octanol–water partition coefficient (Wildman–Crippen LogP) is 3.38. The van der Waals surface area contributed by atoms with Gasteiger partial charge in [-0.15, -0.1) is 11.3 Å². The van der Waals surface area contributed by atoms with E-state index >= 15 is 0 Å². The van der Waals surface area contributed by atoms with E-state index in [0.717, 1.165) is 21.6 Å². The Morgan fingerprint density at radius 1 is 1.58 bits per heavy atom. The van der Waals surface area contributed by atoms with Crippen molar-refractivity contribution in [1.82, 2.24) is 4.98 Å². The fraction of sp³-hybridized carbons (Fsp3) is 0.167. The lowest BCUT2D eigenvalue weighted by Gasteiger charge is -2.19. The van der Waals surface area contributed by atoms with Gasteiger partial charge >= 0.3 is 5.97 Å². The number of carboxylic acid groups (broad SMARTS) is 1. The van der Waals surface area contributed by atoms with Crippen LogP contribution in [0.25, 0.3) is 0 Å². The number of hydrogen-bond donors (Lipinski definition) is 1. The molecule has 4 nitrogen and oxygen atoms in total. The van der Waals surface area contributed by atoms with E-state index in [4.69, 9.17) is 5.11 Å². The molecule has 0 aliphatic heterocycles. The fourth-order valence-corrected chi connectivity index (χ4v) is 3.14. The van der Waals surface area contributed by atoms with Gasteiger partial charge in [-0.25, -0.2) is 14.2 Å². The number of rotatable bonds is 4. The lowest BCUT2D eigenvalue weighted by Crippen LogP contribution is -2.20. The summed E-state index contributed by atoms with van der Waals surface area (Å²) in [4.78, 5) is 17.7. The molecule has 0 radical (unpaired) electrons. The van der Waals surface area contributed by atoms with Crippen LogP contribution in [-0.2, 0) is 6.54 Å². The average molecular weight is 345 g/mol. The van der Waals surface area contributed by atoms with Crippen LogP contribution < -0.4 is 4.90 Å². The molecule has 2 rings (SSSR count). The van der Waals surface area contributed by atoms with Crippen LogP contribution in [0.5, 0.6) is 0 Å². The summed E-state index contributed by atoms with van der Waals surface area (Å²) >= 11 is 4.91. The van der Waals surface area contributed by atoms with Crippen LogP contribution in [0.4, 0.5) is 10.2 Å². The number of nitrogens with zero attached hydrogens (tertiary/aromatic N) is 2. The number of anilines is 1. The molecule has 7 heteroatoms. The summed E-state index contributed by atoms with van der Waals surface area (Å²) in [6, 6.07) is 2.93. The molecule has 0 aliphatic rings. The Morgan fingerprint density at radius 3 is 2.89 bits per heavy atom. The molecule has 0 aromatic carbocycles. The Bertz CT molecular complexity index is 618. The summed E-state index contributed by atoms with van der Waals surface area (Å²) in [5, 5.41) is 11.0. The van der Waals surface area contributed by atoms with Crippen molar-refractivity contribution in [3.63, 3.8) is 0 Å². The van der Waals surface area contributed by atoms with Crippen LogP contribution in [-0.4, -0.2) is 23.1 Å². The van der Waals surface area contributed by atoms with Crippen LogP contribution in [0.1, 0.15) is 15.2 Å². The van der Waals surface area contributed by atoms with Crippen molar-refractivity contribution in [3.05, 3.63) is 44.4 Å². The van der Waals surface area contributed by atoms with Crippen LogP contribution >= 0.6 is 27.3 Å². The first-order valence-electron chi connectivity index (χ1n) is 5.30. The van der Waals surface area contributed by atoms with E-state index in [0.29, 0.717) is 6.54 Å². The molecule has 0 atom stereocenters. The summed E-state index contributed by atoms with van der Waals surface area (Å²) < 4.78 is 14.0. The normalized spacial score (nSPS) is 10.5. The van der Waals surface area contributed by atoms with Gasteiger partial charge in [0.1, 0.15) is 17.2 Å². The van der Waals surface area contributed by atoms with Gasteiger partial charge in [0.15, 0.2) is 0 Å². The maximum absolute atomic E-state index is 13.1. The topological polar surface area (TPSA) is 53.4 Å².